The van der Waals surface area contributed by atoms with Crippen molar-refractivity contribution in [3.63, 3.8) is 0 Å². The van der Waals surface area contributed by atoms with Crippen molar-refractivity contribution in [1.82, 2.24) is 24.7 Å². The van der Waals surface area contributed by atoms with Gasteiger partial charge in [0, 0.05) is 47.4 Å². The molecule has 2 aliphatic rings. The lowest BCUT2D eigenvalue weighted by Crippen LogP contribution is -2.37. The summed E-state index contributed by atoms with van der Waals surface area (Å²) < 4.78 is 2.17. The number of hydrogen-bond acceptors (Lipinski definition) is 5. The summed E-state index contributed by atoms with van der Waals surface area (Å²) in [5.41, 5.74) is 3.53. The predicted octanol–water partition coefficient (Wildman–Crippen LogP) is 4.67. The number of aromatic nitrogens is 5. The molecule has 1 saturated heterocycles. The monoisotopic (exact) mass is 422 g/mol. The molecule has 0 amide bonds. The van der Waals surface area contributed by atoms with Crippen LogP contribution in [-0.2, 0) is 19.4 Å². The van der Waals surface area contributed by atoms with Gasteiger partial charge >= 0.3 is 0 Å². The first-order valence-corrected chi connectivity index (χ1v) is 11.4. The van der Waals surface area contributed by atoms with Crippen molar-refractivity contribution < 1.29 is 0 Å². The fourth-order valence-corrected chi connectivity index (χ4v) is 4.99. The fourth-order valence-electron chi connectivity index (χ4n) is 4.80. The standard InChI is InChI=1S/C23H27ClN6/c1-2-29-15-25-28-22(29)17-8-6-12-30(14-17)23-19-10-3-4-11-20(19)26-21(27-23)16-7-5-9-18(24)13-16/h5,7,9,13,15,17H,2-4,6,8,10-12,14H2,1H3. The van der Waals surface area contributed by atoms with Crippen LogP contribution in [-0.4, -0.2) is 37.8 Å². The maximum absolute atomic E-state index is 6.25. The maximum atomic E-state index is 6.25. The number of benzene rings is 1. The average molecular weight is 423 g/mol. The van der Waals surface area contributed by atoms with Crippen molar-refractivity contribution in [3.05, 3.63) is 52.7 Å². The van der Waals surface area contributed by atoms with Crippen LogP contribution in [0.2, 0.25) is 5.02 Å². The van der Waals surface area contributed by atoms with Crippen LogP contribution in [0.1, 0.15) is 55.6 Å². The van der Waals surface area contributed by atoms with Crippen LogP contribution in [0.25, 0.3) is 11.4 Å². The molecule has 0 radical (unpaired) electrons. The number of halogens is 1. The van der Waals surface area contributed by atoms with Gasteiger partial charge < -0.3 is 9.47 Å². The Morgan fingerprint density at radius 3 is 2.90 bits per heavy atom. The number of rotatable bonds is 4. The molecule has 3 heterocycles. The highest BCUT2D eigenvalue weighted by Crippen LogP contribution is 2.35. The second kappa shape index (κ2) is 8.34. The molecule has 1 aliphatic heterocycles. The molecule has 5 rings (SSSR count). The number of anilines is 1. The van der Waals surface area contributed by atoms with E-state index in [-0.39, 0.29) is 0 Å². The Hall–Kier alpha value is -2.47. The van der Waals surface area contributed by atoms with Crippen molar-refractivity contribution in [2.45, 2.75) is 57.9 Å². The van der Waals surface area contributed by atoms with E-state index in [2.05, 4.69) is 26.6 Å². The molecule has 0 N–H and O–H groups in total. The molecule has 30 heavy (non-hydrogen) atoms. The first-order valence-electron chi connectivity index (χ1n) is 11.0. The van der Waals surface area contributed by atoms with E-state index in [0.717, 1.165) is 68.3 Å². The maximum Gasteiger partial charge on any atom is 0.161 e. The Balaban J connectivity index is 1.53. The largest absolute Gasteiger partial charge is 0.356 e. The van der Waals surface area contributed by atoms with E-state index in [0.29, 0.717) is 10.9 Å². The Labute approximate surface area is 182 Å². The molecule has 7 heteroatoms. The molecule has 6 nitrogen and oxygen atoms in total. The molecular weight excluding hydrogens is 396 g/mol. The lowest BCUT2D eigenvalue weighted by Gasteiger charge is -2.35. The van der Waals surface area contributed by atoms with E-state index in [1.54, 1.807) is 0 Å². The average Bonchev–Trinajstić information content (AvgIpc) is 3.27. The fraction of sp³-hybridized carbons (Fsp3) is 0.478. The highest BCUT2D eigenvalue weighted by Gasteiger charge is 2.29. The molecule has 0 saturated carbocycles. The second-order valence-electron chi connectivity index (χ2n) is 8.27. The first-order chi connectivity index (χ1) is 14.7. The van der Waals surface area contributed by atoms with Gasteiger partial charge in [-0.05, 0) is 57.6 Å². The molecule has 0 bridgehead atoms. The minimum absolute atomic E-state index is 0.380. The number of nitrogens with zero attached hydrogens (tertiary/aromatic N) is 6. The van der Waals surface area contributed by atoms with Gasteiger partial charge in [-0.3, -0.25) is 0 Å². The van der Waals surface area contributed by atoms with Gasteiger partial charge in [-0.25, -0.2) is 9.97 Å². The highest BCUT2D eigenvalue weighted by molar-refractivity contribution is 6.30. The lowest BCUT2D eigenvalue weighted by molar-refractivity contribution is 0.469. The zero-order chi connectivity index (χ0) is 20.5. The van der Waals surface area contributed by atoms with Crippen molar-refractivity contribution in [1.29, 1.82) is 0 Å². The normalized spacial score (nSPS) is 19.0. The quantitative estimate of drug-likeness (QED) is 0.611. The molecule has 1 atom stereocenters. The van der Waals surface area contributed by atoms with Crippen molar-refractivity contribution in [2.75, 3.05) is 18.0 Å². The summed E-state index contributed by atoms with van der Waals surface area (Å²) in [5, 5.41) is 9.31. The molecule has 3 aromatic rings. The topological polar surface area (TPSA) is 59.7 Å². The van der Waals surface area contributed by atoms with E-state index in [1.165, 1.54) is 24.1 Å². The van der Waals surface area contributed by atoms with Gasteiger partial charge in [0.2, 0.25) is 0 Å². The molecule has 1 unspecified atom stereocenters. The molecule has 2 aromatic heterocycles. The van der Waals surface area contributed by atoms with Gasteiger partial charge in [0.05, 0.1) is 0 Å². The summed E-state index contributed by atoms with van der Waals surface area (Å²) in [6.45, 7) is 5.00. The number of hydrogen-bond donors (Lipinski definition) is 0. The molecule has 1 aromatic carbocycles. The molecule has 0 spiro atoms. The third-order valence-corrected chi connectivity index (χ3v) is 6.55. The SMILES string of the molecule is CCn1cnnc1C1CCCN(c2nc(-c3cccc(Cl)c3)nc3c2CCCC3)C1. The highest BCUT2D eigenvalue weighted by atomic mass is 35.5. The summed E-state index contributed by atoms with van der Waals surface area (Å²) in [4.78, 5) is 12.5. The lowest BCUT2D eigenvalue weighted by atomic mass is 9.93. The van der Waals surface area contributed by atoms with E-state index in [9.17, 15) is 0 Å². The van der Waals surface area contributed by atoms with Crippen LogP contribution >= 0.6 is 11.6 Å². The minimum Gasteiger partial charge on any atom is -0.356 e. The second-order valence-corrected chi connectivity index (χ2v) is 8.71. The van der Waals surface area contributed by atoms with E-state index in [1.807, 2.05) is 30.6 Å². The van der Waals surface area contributed by atoms with Gasteiger partial charge in [0.25, 0.3) is 0 Å². The van der Waals surface area contributed by atoms with Crippen molar-refractivity contribution >= 4 is 17.4 Å². The van der Waals surface area contributed by atoms with Gasteiger partial charge in [0.15, 0.2) is 5.82 Å². The van der Waals surface area contributed by atoms with Crippen LogP contribution in [0.4, 0.5) is 5.82 Å². The molecule has 1 aliphatic carbocycles. The zero-order valence-corrected chi connectivity index (χ0v) is 18.1. The van der Waals surface area contributed by atoms with Crippen molar-refractivity contribution in [3.8, 4) is 11.4 Å². The summed E-state index contributed by atoms with van der Waals surface area (Å²) in [6.07, 6.45) is 8.61. The zero-order valence-electron chi connectivity index (χ0n) is 17.4. The third kappa shape index (κ3) is 3.69. The Kier molecular flexibility index (Phi) is 5.42. The van der Waals surface area contributed by atoms with Crippen LogP contribution in [0.5, 0.6) is 0 Å². The molecular formula is C23H27ClN6. The van der Waals surface area contributed by atoms with Crippen LogP contribution < -0.4 is 4.90 Å². The van der Waals surface area contributed by atoms with Crippen molar-refractivity contribution in [2.24, 2.45) is 0 Å². The number of fused-ring (bicyclic) bond motifs is 1. The van der Waals surface area contributed by atoms with Gasteiger partial charge in [0.1, 0.15) is 18.0 Å². The van der Waals surface area contributed by atoms with E-state index < -0.39 is 0 Å². The van der Waals surface area contributed by atoms with Crippen LogP contribution in [0.3, 0.4) is 0 Å². The summed E-state index contributed by atoms with van der Waals surface area (Å²) in [6, 6.07) is 7.86. The van der Waals surface area contributed by atoms with E-state index in [4.69, 9.17) is 21.6 Å². The smallest absolute Gasteiger partial charge is 0.161 e. The number of aryl methyl sites for hydroxylation is 2. The summed E-state index contributed by atoms with van der Waals surface area (Å²) >= 11 is 6.25. The summed E-state index contributed by atoms with van der Waals surface area (Å²) in [5.74, 6) is 3.37. The first kappa shape index (κ1) is 19.5. The molecule has 156 valence electrons. The number of piperidine rings is 1. The Morgan fingerprint density at radius 1 is 1.13 bits per heavy atom. The summed E-state index contributed by atoms with van der Waals surface area (Å²) in [7, 11) is 0. The van der Waals surface area contributed by atoms with Gasteiger partial charge in [-0.2, -0.15) is 0 Å². The van der Waals surface area contributed by atoms with Gasteiger partial charge in [-0.15, -0.1) is 10.2 Å². The Morgan fingerprint density at radius 2 is 2.03 bits per heavy atom. The van der Waals surface area contributed by atoms with Gasteiger partial charge in [-0.1, -0.05) is 23.7 Å². The molecule has 1 fully saturated rings. The Bertz CT molecular complexity index is 1050. The minimum atomic E-state index is 0.380. The van der Waals surface area contributed by atoms with E-state index >= 15 is 0 Å². The predicted molar refractivity (Wildman–Crippen MR) is 119 cm³/mol. The van der Waals surface area contributed by atoms with Crippen LogP contribution in [0, 0.1) is 0 Å². The van der Waals surface area contributed by atoms with Crippen LogP contribution in [0.15, 0.2) is 30.6 Å². The third-order valence-electron chi connectivity index (χ3n) is 6.32.